The zero-order valence-corrected chi connectivity index (χ0v) is 9.53. The van der Waals surface area contributed by atoms with E-state index in [-0.39, 0.29) is 12.0 Å². The second-order valence-electron chi connectivity index (χ2n) is 4.77. The monoisotopic (exact) mass is 205 g/mol. The van der Waals surface area contributed by atoms with Gasteiger partial charge >= 0.3 is 0 Å². The summed E-state index contributed by atoms with van der Waals surface area (Å²) in [6.07, 6.45) is 6.22. The average Bonchev–Trinajstić information content (AvgIpc) is 2.27. The molecule has 1 atom stereocenters. The summed E-state index contributed by atoms with van der Waals surface area (Å²) in [5.74, 6) is 0.258. The molecule has 0 amide bonds. The Bertz CT molecular complexity index is 346. The Morgan fingerprint density at radius 3 is 2.73 bits per heavy atom. The van der Waals surface area contributed by atoms with Gasteiger partial charge in [0, 0.05) is 11.9 Å². The van der Waals surface area contributed by atoms with E-state index in [1.54, 1.807) is 0 Å². The molecule has 1 aromatic heterocycles. The molecule has 0 saturated carbocycles. The lowest BCUT2D eigenvalue weighted by Gasteiger charge is -2.19. The maximum Gasteiger partial charge on any atom is 0.0827 e. The third kappa shape index (κ3) is 2.20. The van der Waals surface area contributed by atoms with Gasteiger partial charge in [0.25, 0.3) is 0 Å². The minimum Gasteiger partial charge on any atom is -0.388 e. The molecular formula is C13H19NO. The molecule has 2 rings (SSSR count). The van der Waals surface area contributed by atoms with Crippen LogP contribution in [-0.2, 0) is 12.8 Å². The Morgan fingerprint density at radius 1 is 1.27 bits per heavy atom. The zero-order chi connectivity index (χ0) is 10.8. The summed E-state index contributed by atoms with van der Waals surface area (Å²) < 4.78 is 0. The Labute approximate surface area is 91.4 Å². The van der Waals surface area contributed by atoms with Gasteiger partial charge in [-0.2, -0.15) is 0 Å². The van der Waals surface area contributed by atoms with Crippen molar-refractivity contribution in [1.82, 2.24) is 4.98 Å². The predicted molar refractivity (Wildman–Crippen MR) is 60.7 cm³/mol. The van der Waals surface area contributed by atoms with Crippen LogP contribution >= 0.6 is 0 Å². The van der Waals surface area contributed by atoms with E-state index < -0.39 is 0 Å². The smallest absolute Gasteiger partial charge is 0.0827 e. The first-order valence-corrected chi connectivity index (χ1v) is 5.84. The average molecular weight is 205 g/mol. The molecule has 15 heavy (non-hydrogen) atoms. The maximum absolute atomic E-state index is 9.96. The van der Waals surface area contributed by atoms with Gasteiger partial charge in [-0.25, -0.2) is 0 Å². The molecule has 2 heteroatoms. The number of nitrogens with zero attached hydrogens (tertiary/aromatic N) is 1. The van der Waals surface area contributed by atoms with Gasteiger partial charge in [0.15, 0.2) is 0 Å². The van der Waals surface area contributed by atoms with Crippen molar-refractivity contribution in [1.29, 1.82) is 0 Å². The zero-order valence-electron chi connectivity index (χ0n) is 9.53. The molecule has 0 unspecified atom stereocenters. The molecule has 1 N–H and O–H groups in total. The van der Waals surface area contributed by atoms with E-state index in [0.717, 1.165) is 18.4 Å². The van der Waals surface area contributed by atoms with Crippen LogP contribution in [0.1, 0.15) is 49.6 Å². The summed E-state index contributed by atoms with van der Waals surface area (Å²) in [5.41, 5.74) is 3.56. The van der Waals surface area contributed by atoms with Crippen LogP contribution in [0.2, 0.25) is 0 Å². The fourth-order valence-electron chi connectivity index (χ4n) is 2.15. The van der Waals surface area contributed by atoms with E-state index in [0.29, 0.717) is 0 Å². The topological polar surface area (TPSA) is 33.1 Å². The van der Waals surface area contributed by atoms with Crippen LogP contribution < -0.4 is 0 Å². The summed E-state index contributed by atoms with van der Waals surface area (Å²) in [6.45, 7) is 4.06. The van der Waals surface area contributed by atoms with Gasteiger partial charge in [-0.1, -0.05) is 13.8 Å². The molecule has 0 radical (unpaired) electrons. The van der Waals surface area contributed by atoms with Crippen molar-refractivity contribution >= 4 is 0 Å². The molecule has 0 spiro atoms. The van der Waals surface area contributed by atoms with E-state index >= 15 is 0 Å². The molecule has 1 aliphatic rings. The van der Waals surface area contributed by atoms with Crippen LogP contribution in [0, 0.1) is 5.92 Å². The van der Waals surface area contributed by atoms with Crippen molar-refractivity contribution in [3.8, 4) is 0 Å². The van der Waals surface area contributed by atoms with Crippen molar-refractivity contribution in [2.24, 2.45) is 5.92 Å². The molecule has 0 aliphatic heterocycles. The number of aliphatic hydroxyl groups excluding tert-OH is 1. The van der Waals surface area contributed by atoms with Gasteiger partial charge in [0.05, 0.1) is 6.10 Å². The second-order valence-corrected chi connectivity index (χ2v) is 4.77. The quantitative estimate of drug-likeness (QED) is 0.805. The van der Waals surface area contributed by atoms with Crippen molar-refractivity contribution in [3.05, 3.63) is 29.1 Å². The second kappa shape index (κ2) is 4.31. The Kier molecular flexibility index (Phi) is 3.06. The molecule has 0 fully saturated rings. The third-order valence-electron chi connectivity index (χ3n) is 3.16. The number of aliphatic hydroxyl groups is 1. The normalized spacial score (nSPS) is 17.6. The van der Waals surface area contributed by atoms with Gasteiger partial charge in [-0.3, -0.25) is 4.98 Å². The predicted octanol–water partition coefficient (Wildman–Crippen LogP) is 2.65. The van der Waals surface area contributed by atoms with Gasteiger partial charge < -0.3 is 5.11 Å². The highest BCUT2D eigenvalue weighted by Gasteiger charge is 2.16. The highest BCUT2D eigenvalue weighted by atomic mass is 16.3. The van der Waals surface area contributed by atoms with Gasteiger partial charge in [-0.15, -0.1) is 0 Å². The minimum absolute atomic E-state index is 0.258. The molecule has 1 heterocycles. The minimum atomic E-state index is -0.371. The summed E-state index contributed by atoms with van der Waals surface area (Å²) >= 11 is 0. The van der Waals surface area contributed by atoms with Crippen LogP contribution in [0.25, 0.3) is 0 Å². The Balaban J connectivity index is 2.27. The van der Waals surface area contributed by atoms with Crippen molar-refractivity contribution in [3.63, 3.8) is 0 Å². The lowest BCUT2D eigenvalue weighted by atomic mass is 9.92. The van der Waals surface area contributed by atoms with Crippen LogP contribution in [0.15, 0.2) is 12.3 Å². The SMILES string of the molecule is CC(C)[C@H](O)c1cnc2c(c1)CCCC2. The van der Waals surface area contributed by atoms with E-state index in [4.69, 9.17) is 0 Å². The molecule has 0 aromatic carbocycles. The highest BCUT2D eigenvalue weighted by molar-refractivity contribution is 5.28. The van der Waals surface area contributed by atoms with Crippen molar-refractivity contribution in [2.45, 2.75) is 45.6 Å². The first kappa shape index (κ1) is 10.6. The summed E-state index contributed by atoms with van der Waals surface area (Å²) in [7, 11) is 0. The number of aryl methyl sites for hydroxylation is 2. The number of rotatable bonds is 2. The van der Waals surface area contributed by atoms with Gasteiger partial charge in [0.1, 0.15) is 0 Å². The van der Waals surface area contributed by atoms with Crippen molar-refractivity contribution in [2.75, 3.05) is 0 Å². The van der Waals surface area contributed by atoms with Crippen LogP contribution in [0.4, 0.5) is 0 Å². The molecule has 82 valence electrons. The van der Waals surface area contributed by atoms with E-state index in [2.05, 4.69) is 11.1 Å². The van der Waals surface area contributed by atoms with Crippen molar-refractivity contribution < 1.29 is 5.11 Å². The number of fused-ring (bicyclic) bond motifs is 1. The molecular weight excluding hydrogens is 186 g/mol. The third-order valence-corrected chi connectivity index (χ3v) is 3.16. The Hall–Kier alpha value is -0.890. The first-order valence-electron chi connectivity index (χ1n) is 5.84. The summed E-state index contributed by atoms with van der Waals surface area (Å²) in [6, 6.07) is 2.14. The van der Waals surface area contributed by atoms with Gasteiger partial charge in [-0.05, 0) is 48.8 Å². The maximum atomic E-state index is 9.96. The molecule has 1 aliphatic carbocycles. The van der Waals surface area contributed by atoms with Gasteiger partial charge in [0.2, 0.25) is 0 Å². The lowest BCUT2D eigenvalue weighted by molar-refractivity contribution is 0.126. The highest BCUT2D eigenvalue weighted by Crippen LogP contribution is 2.25. The largest absolute Gasteiger partial charge is 0.388 e. The molecule has 0 saturated heterocycles. The molecule has 2 nitrogen and oxygen atoms in total. The molecule has 0 bridgehead atoms. The van der Waals surface area contributed by atoms with Crippen LogP contribution in [0.3, 0.4) is 0 Å². The molecule has 1 aromatic rings. The van der Waals surface area contributed by atoms with E-state index in [1.807, 2.05) is 20.0 Å². The van der Waals surface area contributed by atoms with Crippen LogP contribution in [0.5, 0.6) is 0 Å². The number of aromatic nitrogens is 1. The lowest BCUT2D eigenvalue weighted by Crippen LogP contribution is -2.10. The number of hydrogen-bond acceptors (Lipinski definition) is 2. The standard InChI is InChI=1S/C13H19NO/c1-9(2)13(15)11-7-10-5-3-4-6-12(10)14-8-11/h7-9,13,15H,3-6H2,1-2H3/t13-/m0/s1. The van der Waals surface area contributed by atoms with Crippen LogP contribution in [-0.4, -0.2) is 10.1 Å². The fraction of sp³-hybridized carbons (Fsp3) is 0.615. The summed E-state index contributed by atoms with van der Waals surface area (Å²) in [4.78, 5) is 4.46. The first-order chi connectivity index (χ1) is 7.18. The van der Waals surface area contributed by atoms with E-state index in [9.17, 15) is 5.11 Å². The number of pyridine rings is 1. The fourth-order valence-corrected chi connectivity index (χ4v) is 2.15. The Morgan fingerprint density at radius 2 is 2.00 bits per heavy atom. The summed E-state index contributed by atoms with van der Waals surface area (Å²) in [5, 5.41) is 9.96. The van der Waals surface area contributed by atoms with E-state index in [1.165, 1.54) is 24.1 Å². The number of hydrogen-bond donors (Lipinski definition) is 1.